The maximum atomic E-state index is 11.3. The Bertz CT molecular complexity index is 610. The molecule has 1 aromatic carbocycles. The van der Waals surface area contributed by atoms with Crippen LogP contribution in [0, 0.1) is 10.1 Å². The Morgan fingerprint density at radius 1 is 1.35 bits per heavy atom. The Balaban J connectivity index is 0.00000192. The van der Waals surface area contributed by atoms with Crippen molar-refractivity contribution in [2.45, 2.75) is 37.9 Å². The highest BCUT2D eigenvalue weighted by Gasteiger charge is 2.30. The van der Waals surface area contributed by atoms with Crippen LogP contribution in [0.5, 0.6) is 0 Å². The number of hydrogen-bond acceptors (Lipinski definition) is 5. The lowest BCUT2D eigenvalue weighted by Gasteiger charge is -2.23. The van der Waals surface area contributed by atoms with Crippen molar-refractivity contribution >= 4 is 24.0 Å². The summed E-state index contributed by atoms with van der Waals surface area (Å²) >= 11 is 0. The lowest BCUT2D eigenvalue weighted by Crippen LogP contribution is -2.35. The summed E-state index contributed by atoms with van der Waals surface area (Å²) in [6.45, 7) is 2.37. The van der Waals surface area contributed by atoms with E-state index in [9.17, 15) is 14.9 Å². The number of fused-ring (bicyclic) bond motifs is 2. The van der Waals surface area contributed by atoms with Crippen molar-refractivity contribution in [3.8, 4) is 0 Å². The molecule has 0 saturated carbocycles. The van der Waals surface area contributed by atoms with Gasteiger partial charge >= 0.3 is 0 Å². The molecule has 3 N–H and O–H groups in total. The number of primary amides is 1. The van der Waals surface area contributed by atoms with Crippen LogP contribution in [-0.4, -0.2) is 40.9 Å². The zero-order valence-corrected chi connectivity index (χ0v) is 13.6. The number of rotatable bonds is 4. The molecule has 23 heavy (non-hydrogen) atoms. The summed E-state index contributed by atoms with van der Waals surface area (Å²) in [6.07, 6.45) is 3.47. The molecule has 2 bridgehead atoms. The molecule has 2 aliphatic rings. The van der Waals surface area contributed by atoms with E-state index in [1.54, 1.807) is 12.1 Å². The van der Waals surface area contributed by atoms with Gasteiger partial charge in [0.15, 0.2) is 0 Å². The Morgan fingerprint density at radius 2 is 2.09 bits per heavy atom. The molecule has 0 aliphatic carbocycles. The molecule has 0 spiro atoms. The van der Waals surface area contributed by atoms with E-state index in [0.717, 1.165) is 19.5 Å². The number of hydrogen-bond donors (Lipinski definition) is 2. The van der Waals surface area contributed by atoms with Gasteiger partial charge in [0.05, 0.1) is 4.92 Å². The largest absolute Gasteiger partial charge is 0.366 e. The first-order valence-corrected chi connectivity index (χ1v) is 7.58. The van der Waals surface area contributed by atoms with Gasteiger partial charge in [-0.15, -0.1) is 12.4 Å². The highest BCUT2D eigenvalue weighted by molar-refractivity contribution is 5.93. The monoisotopic (exact) mass is 340 g/mol. The number of likely N-dealkylation sites (tertiary alicyclic amines) is 1. The number of nitro benzene ring substituents is 1. The summed E-state index contributed by atoms with van der Waals surface area (Å²) in [5.74, 6) is -0.647. The number of nitrogens with one attached hydrogen (secondary N) is 1. The van der Waals surface area contributed by atoms with Crippen LogP contribution in [0.25, 0.3) is 0 Å². The molecular formula is C15H21ClN4O3. The molecular weight excluding hydrogens is 320 g/mol. The third kappa shape index (κ3) is 3.99. The molecule has 3 rings (SSSR count). The third-order valence-electron chi connectivity index (χ3n) is 4.57. The van der Waals surface area contributed by atoms with Crippen LogP contribution in [-0.2, 0) is 6.54 Å². The first-order chi connectivity index (χ1) is 10.5. The second-order valence-corrected chi connectivity index (χ2v) is 6.13. The van der Waals surface area contributed by atoms with Gasteiger partial charge in [0.2, 0.25) is 5.91 Å². The molecule has 2 fully saturated rings. The predicted molar refractivity (Wildman–Crippen MR) is 88.7 cm³/mol. The van der Waals surface area contributed by atoms with Crippen LogP contribution >= 0.6 is 12.4 Å². The van der Waals surface area contributed by atoms with Gasteiger partial charge in [-0.05, 0) is 25.3 Å². The van der Waals surface area contributed by atoms with E-state index in [0.29, 0.717) is 24.2 Å². The molecule has 126 valence electrons. The summed E-state index contributed by atoms with van der Waals surface area (Å²) in [5.41, 5.74) is 5.98. The van der Waals surface area contributed by atoms with E-state index >= 15 is 0 Å². The first-order valence-electron chi connectivity index (χ1n) is 7.58. The molecule has 2 unspecified atom stereocenters. The lowest BCUT2D eigenvalue weighted by atomic mass is 10.1. The van der Waals surface area contributed by atoms with E-state index in [-0.39, 0.29) is 23.7 Å². The Morgan fingerprint density at radius 3 is 2.78 bits per heavy atom. The third-order valence-corrected chi connectivity index (χ3v) is 4.57. The van der Waals surface area contributed by atoms with Gasteiger partial charge in [-0.1, -0.05) is 6.07 Å². The minimum atomic E-state index is -0.647. The van der Waals surface area contributed by atoms with Crippen molar-refractivity contribution in [3.63, 3.8) is 0 Å². The van der Waals surface area contributed by atoms with Crippen LogP contribution in [0.1, 0.15) is 35.2 Å². The zero-order valence-electron chi connectivity index (χ0n) is 12.7. The van der Waals surface area contributed by atoms with Crippen LogP contribution in [0.2, 0.25) is 0 Å². The van der Waals surface area contributed by atoms with Gasteiger partial charge in [0.25, 0.3) is 5.69 Å². The van der Waals surface area contributed by atoms with Crippen molar-refractivity contribution in [1.29, 1.82) is 0 Å². The van der Waals surface area contributed by atoms with Gasteiger partial charge < -0.3 is 11.1 Å². The molecule has 8 heteroatoms. The van der Waals surface area contributed by atoms with Crippen molar-refractivity contribution in [1.82, 2.24) is 10.2 Å². The normalized spacial score (nSPS) is 23.8. The number of benzene rings is 1. The van der Waals surface area contributed by atoms with Crippen LogP contribution in [0.15, 0.2) is 18.2 Å². The fraction of sp³-hybridized carbons (Fsp3) is 0.533. The number of nitro groups is 1. The van der Waals surface area contributed by atoms with Crippen LogP contribution < -0.4 is 11.1 Å². The van der Waals surface area contributed by atoms with Crippen LogP contribution in [0.4, 0.5) is 5.69 Å². The quantitative estimate of drug-likeness (QED) is 0.638. The Kier molecular flexibility index (Phi) is 5.56. The molecule has 1 aromatic rings. The van der Waals surface area contributed by atoms with E-state index in [1.165, 1.54) is 18.9 Å². The highest BCUT2D eigenvalue weighted by Crippen LogP contribution is 2.25. The molecule has 2 aliphatic heterocycles. The van der Waals surface area contributed by atoms with E-state index in [1.807, 2.05) is 0 Å². The maximum Gasteiger partial charge on any atom is 0.274 e. The van der Waals surface area contributed by atoms with E-state index in [2.05, 4.69) is 10.2 Å². The van der Waals surface area contributed by atoms with Gasteiger partial charge in [0.1, 0.15) is 0 Å². The number of carbonyl (C=O) groups is 1. The standard InChI is InChI=1S/C15H20N4O3.ClH/c16-15(20)10-1-2-11(14(7-10)19(21)22)8-18-6-5-12-3-4-13(9-18)17-12;/h1-2,7,12-13,17H,3-6,8-9H2,(H2,16,20);1H. The summed E-state index contributed by atoms with van der Waals surface area (Å²) in [5, 5.41) is 14.8. The Labute approximate surface area is 140 Å². The fourth-order valence-electron chi connectivity index (χ4n) is 3.42. The van der Waals surface area contributed by atoms with E-state index in [4.69, 9.17) is 5.73 Å². The Hall–Kier alpha value is -1.70. The van der Waals surface area contributed by atoms with Crippen molar-refractivity contribution in [3.05, 3.63) is 39.4 Å². The molecule has 0 aromatic heterocycles. The molecule has 0 radical (unpaired) electrons. The molecule has 2 atom stereocenters. The molecule has 2 saturated heterocycles. The smallest absolute Gasteiger partial charge is 0.274 e. The van der Waals surface area contributed by atoms with Crippen molar-refractivity contribution < 1.29 is 9.72 Å². The minimum absolute atomic E-state index is 0. The molecule has 1 amide bonds. The topological polar surface area (TPSA) is 102 Å². The number of nitrogens with zero attached hydrogens (tertiary/aromatic N) is 2. The average molecular weight is 341 g/mol. The second-order valence-electron chi connectivity index (χ2n) is 6.13. The van der Waals surface area contributed by atoms with Gasteiger partial charge in [-0.2, -0.15) is 0 Å². The zero-order chi connectivity index (χ0) is 15.7. The summed E-state index contributed by atoms with van der Waals surface area (Å²) in [7, 11) is 0. The summed E-state index contributed by atoms with van der Waals surface area (Å²) < 4.78 is 0. The van der Waals surface area contributed by atoms with Crippen molar-refractivity contribution in [2.75, 3.05) is 13.1 Å². The van der Waals surface area contributed by atoms with Crippen molar-refractivity contribution in [2.24, 2.45) is 5.73 Å². The number of nitrogens with two attached hydrogens (primary N) is 1. The van der Waals surface area contributed by atoms with Crippen LogP contribution in [0.3, 0.4) is 0 Å². The SMILES string of the molecule is Cl.NC(=O)c1ccc(CN2CCC3CCC(C2)N3)c([N+](=O)[O-])c1. The van der Waals surface area contributed by atoms with E-state index < -0.39 is 10.8 Å². The lowest BCUT2D eigenvalue weighted by molar-refractivity contribution is -0.385. The summed E-state index contributed by atoms with van der Waals surface area (Å²) in [4.78, 5) is 24.3. The number of halogens is 1. The fourth-order valence-corrected chi connectivity index (χ4v) is 3.42. The first kappa shape index (κ1) is 17.7. The average Bonchev–Trinajstić information content (AvgIpc) is 2.81. The maximum absolute atomic E-state index is 11.3. The van der Waals surface area contributed by atoms with Gasteiger partial charge in [0, 0.05) is 48.9 Å². The van der Waals surface area contributed by atoms with Gasteiger partial charge in [-0.3, -0.25) is 19.8 Å². The predicted octanol–water partition coefficient (Wildman–Crippen LogP) is 1.44. The second kappa shape index (κ2) is 7.25. The highest BCUT2D eigenvalue weighted by atomic mass is 35.5. The number of carbonyl (C=O) groups excluding carboxylic acids is 1. The number of amides is 1. The molecule has 7 nitrogen and oxygen atoms in total. The summed E-state index contributed by atoms with van der Waals surface area (Å²) in [6, 6.07) is 5.56. The van der Waals surface area contributed by atoms with Gasteiger partial charge in [-0.25, -0.2) is 0 Å². The molecule has 2 heterocycles. The minimum Gasteiger partial charge on any atom is -0.366 e.